The summed E-state index contributed by atoms with van der Waals surface area (Å²) in [6.45, 7) is 0.647. The van der Waals surface area contributed by atoms with Crippen LogP contribution in [0.3, 0.4) is 0 Å². The molecule has 1 fully saturated rings. The highest BCUT2D eigenvalue weighted by atomic mass is 35.5. The minimum atomic E-state index is -0.970. The number of halogens is 1. The van der Waals surface area contributed by atoms with E-state index in [1.54, 1.807) is 18.2 Å². The molecule has 2 rings (SSSR count). The van der Waals surface area contributed by atoms with Crippen molar-refractivity contribution in [3.05, 3.63) is 34.9 Å². The van der Waals surface area contributed by atoms with Crippen LogP contribution in [-0.2, 0) is 16.1 Å². The van der Waals surface area contributed by atoms with Crippen LogP contribution >= 0.6 is 11.6 Å². The summed E-state index contributed by atoms with van der Waals surface area (Å²) in [4.78, 5) is 22.7. The predicted octanol–water partition coefficient (Wildman–Crippen LogP) is 1.24. The van der Waals surface area contributed by atoms with Crippen molar-refractivity contribution in [3.63, 3.8) is 0 Å². The molecule has 1 heterocycles. The molecule has 2 amide bonds. The van der Waals surface area contributed by atoms with Gasteiger partial charge in [0.25, 0.3) is 0 Å². The predicted molar refractivity (Wildman–Crippen MR) is 72.6 cm³/mol. The molecule has 2 unspecified atom stereocenters. The third-order valence-electron chi connectivity index (χ3n) is 3.06. The van der Waals surface area contributed by atoms with Gasteiger partial charge in [-0.2, -0.15) is 0 Å². The van der Waals surface area contributed by atoms with Crippen molar-refractivity contribution in [1.29, 1.82) is 0 Å². The van der Waals surface area contributed by atoms with Gasteiger partial charge < -0.3 is 20.5 Å². The van der Waals surface area contributed by atoms with Crippen molar-refractivity contribution in [3.8, 4) is 0 Å². The average Bonchev–Trinajstić information content (AvgIpc) is 2.85. The lowest BCUT2D eigenvalue weighted by molar-refractivity contribution is -0.142. The number of benzene rings is 1. The fraction of sp³-hybridized carbons (Fsp3) is 0.385. The SMILES string of the molecule is O=C(NCc1cccc(Cl)c1)NC1COCC1C(=O)O. The normalized spacial score (nSPS) is 21.4. The first kappa shape index (κ1) is 14.6. The third kappa shape index (κ3) is 3.85. The van der Waals surface area contributed by atoms with Crippen LogP contribution in [0.15, 0.2) is 24.3 Å². The number of hydrogen-bond donors (Lipinski definition) is 3. The molecule has 0 saturated carbocycles. The van der Waals surface area contributed by atoms with Crippen molar-refractivity contribution >= 4 is 23.6 Å². The van der Waals surface area contributed by atoms with Gasteiger partial charge >= 0.3 is 12.0 Å². The van der Waals surface area contributed by atoms with E-state index >= 15 is 0 Å². The van der Waals surface area contributed by atoms with Gasteiger partial charge in [0, 0.05) is 11.6 Å². The number of amides is 2. The Morgan fingerprint density at radius 3 is 2.90 bits per heavy atom. The van der Waals surface area contributed by atoms with E-state index < -0.39 is 24.0 Å². The maximum atomic E-state index is 11.7. The lowest BCUT2D eigenvalue weighted by atomic mass is 10.0. The van der Waals surface area contributed by atoms with E-state index in [2.05, 4.69) is 10.6 Å². The number of aliphatic carboxylic acids is 1. The molecule has 1 aromatic carbocycles. The fourth-order valence-electron chi connectivity index (χ4n) is 1.99. The molecule has 108 valence electrons. The van der Waals surface area contributed by atoms with Crippen molar-refractivity contribution in [2.75, 3.05) is 13.2 Å². The summed E-state index contributed by atoms with van der Waals surface area (Å²) >= 11 is 5.84. The average molecular weight is 299 g/mol. The largest absolute Gasteiger partial charge is 0.481 e. The van der Waals surface area contributed by atoms with Gasteiger partial charge in [0.15, 0.2) is 0 Å². The molecule has 1 aliphatic heterocycles. The molecule has 7 heteroatoms. The number of carbonyl (C=O) groups excluding carboxylic acids is 1. The van der Waals surface area contributed by atoms with Crippen LogP contribution in [0.2, 0.25) is 5.02 Å². The van der Waals surface area contributed by atoms with E-state index in [0.717, 1.165) is 5.56 Å². The Kier molecular flexibility index (Phi) is 4.81. The minimum absolute atomic E-state index is 0.120. The molecule has 1 aromatic rings. The van der Waals surface area contributed by atoms with E-state index in [9.17, 15) is 9.59 Å². The van der Waals surface area contributed by atoms with Gasteiger partial charge in [-0.15, -0.1) is 0 Å². The van der Waals surface area contributed by atoms with Crippen molar-refractivity contribution in [1.82, 2.24) is 10.6 Å². The van der Waals surface area contributed by atoms with E-state index in [1.165, 1.54) is 0 Å². The maximum absolute atomic E-state index is 11.7. The van der Waals surface area contributed by atoms with Crippen molar-refractivity contribution in [2.45, 2.75) is 12.6 Å². The van der Waals surface area contributed by atoms with Crippen LogP contribution < -0.4 is 10.6 Å². The van der Waals surface area contributed by atoms with Crippen LogP contribution in [0.4, 0.5) is 4.79 Å². The highest BCUT2D eigenvalue weighted by Crippen LogP contribution is 2.14. The summed E-state index contributed by atoms with van der Waals surface area (Å²) in [5.74, 6) is -1.67. The highest BCUT2D eigenvalue weighted by molar-refractivity contribution is 6.30. The zero-order valence-corrected chi connectivity index (χ0v) is 11.4. The summed E-state index contributed by atoms with van der Waals surface area (Å²) in [5.41, 5.74) is 0.866. The minimum Gasteiger partial charge on any atom is -0.481 e. The van der Waals surface area contributed by atoms with Gasteiger partial charge in [-0.25, -0.2) is 4.79 Å². The monoisotopic (exact) mass is 298 g/mol. The topological polar surface area (TPSA) is 87.7 Å². The zero-order chi connectivity index (χ0) is 14.5. The summed E-state index contributed by atoms with van der Waals surface area (Å²) in [6, 6.07) is 6.20. The molecular formula is C13H15ClN2O4. The van der Waals surface area contributed by atoms with Gasteiger partial charge in [-0.1, -0.05) is 23.7 Å². The smallest absolute Gasteiger partial charge is 0.315 e. The number of carbonyl (C=O) groups is 2. The molecule has 2 atom stereocenters. The number of nitrogens with one attached hydrogen (secondary N) is 2. The van der Waals surface area contributed by atoms with Crippen molar-refractivity contribution < 1.29 is 19.4 Å². The van der Waals surface area contributed by atoms with E-state index in [-0.39, 0.29) is 13.2 Å². The number of ether oxygens (including phenoxy) is 1. The molecule has 1 aliphatic rings. The quantitative estimate of drug-likeness (QED) is 0.780. The van der Waals surface area contributed by atoms with E-state index in [0.29, 0.717) is 11.6 Å². The molecule has 3 N–H and O–H groups in total. The Morgan fingerprint density at radius 2 is 2.20 bits per heavy atom. The Labute approximate surface area is 121 Å². The summed E-state index contributed by atoms with van der Waals surface area (Å²) < 4.78 is 5.07. The third-order valence-corrected chi connectivity index (χ3v) is 3.29. The van der Waals surface area contributed by atoms with Crippen LogP contribution in [0.5, 0.6) is 0 Å². The molecule has 0 radical (unpaired) electrons. The molecule has 0 bridgehead atoms. The van der Waals surface area contributed by atoms with Crippen LogP contribution in [0, 0.1) is 5.92 Å². The van der Waals surface area contributed by atoms with Gasteiger partial charge in [0.1, 0.15) is 5.92 Å². The molecule has 20 heavy (non-hydrogen) atoms. The van der Waals surface area contributed by atoms with Gasteiger partial charge in [-0.3, -0.25) is 4.79 Å². The number of rotatable bonds is 4. The van der Waals surface area contributed by atoms with Crippen LogP contribution in [0.1, 0.15) is 5.56 Å². The molecule has 6 nitrogen and oxygen atoms in total. The first-order chi connectivity index (χ1) is 9.56. The van der Waals surface area contributed by atoms with Gasteiger partial charge in [0.05, 0.1) is 19.3 Å². The number of urea groups is 1. The second-order valence-electron chi connectivity index (χ2n) is 4.55. The Balaban J connectivity index is 1.82. The first-order valence-corrected chi connectivity index (χ1v) is 6.53. The van der Waals surface area contributed by atoms with Crippen molar-refractivity contribution in [2.24, 2.45) is 5.92 Å². The number of hydrogen-bond acceptors (Lipinski definition) is 3. The second kappa shape index (κ2) is 6.58. The number of carboxylic acids is 1. The summed E-state index contributed by atoms with van der Waals surface area (Å²) in [7, 11) is 0. The Bertz CT molecular complexity index is 509. The molecule has 0 aromatic heterocycles. The van der Waals surface area contributed by atoms with Crippen LogP contribution in [-0.4, -0.2) is 36.4 Å². The highest BCUT2D eigenvalue weighted by Gasteiger charge is 2.34. The van der Waals surface area contributed by atoms with E-state index in [4.69, 9.17) is 21.4 Å². The Hall–Kier alpha value is -1.79. The zero-order valence-electron chi connectivity index (χ0n) is 10.6. The summed E-state index contributed by atoms with van der Waals surface area (Å²) in [5, 5.41) is 14.8. The number of carboxylic acid groups (broad SMARTS) is 1. The first-order valence-electron chi connectivity index (χ1n) is 6.15. The Morgan fingerprint density at radius 1 is 1.40 bits per heavy atom. The maximum Gasteiger partial charge on any atom is 0.315 e. The molecule has 0 aliphatic carbocycles. The van der Waals surface area contributed by atoms with E-state index in [1.807, 2.05) is 6.07 Å². The fourth-order valence-corrected chi connectivity index (χ4v) is 2.20. The summed E-state index contributed by atoms with van der Waals surface area (Å²) in [6.07, 6.45) is 0. The standard InChI is InChI=1S/C13H15ClN2O4/c14-9-3-1-2-8(4-9)5-15-13(19)16-11-7-20-6-10(11)12(17)18/h1-4,10-11H,5-7H2,(H,17,18)(H2,15,16,19). The molecule has 0 spiro atoms. The second-order valence-corrected chi connectivity index (χ2v) is 4.98. The lowest BCUT2D eigenvalue weighted by Gasteiger charge is -2.16. The van der Waals surface area contributed by atoms with Gasteiger partial charge in [-0.05, 0) is 17.7 Å². The molecule has 1 saturated heterocycles. The van der Waals surface area contributed by atoms with Gasteiger partial charge in [0.2, 0.25) is 0 Å². The van der Waals surface area contributed by atoms with Crippen LogP contribution in [0.25, 0.3) is 0 Å². The molecular weight excluding hydrogens is 284 g/mol. The lowest BCUT2D eigenvalue weighted by Crippen LogP contribution is -2.47.